The SMILES string of the molecule is COc1ccc(C(=O)c2ccccc2)c(O[SH](=O)=O)c1. The minimum Gasteiger partial charge on any atom is -0.497 e. The van der Waals surface area contributed by atoms with Crippen molar-refractivity contribution < 1.29 is 22.1 Å². The number of rotatable bonds is 5. The van der Waals surface area contributed by atoms with Crippen LogP contribution in [0.1, 0.15) is 15.9 Å². The van der Waals surface area contributed by atoms with Crippen LogP contribution in [-0.4, -0.2) is 21.3 Å². The molecule has 0 bridgehead atoms. The maximum Gasteiger partial charge on any atom is 0.299 e. The number of hydrogen-bond acceptors (Lipinski definition) is 5. The number of ether oxygens (including phenoxy) is 1. The van der Waals surface area contributed by atoms with Gasteiger partial charge in [-0.05, 0) is 12.1 Å². The normalized spacial score (nSPS) is 10.3. The average Bonchev–Trinajstić information content (AvgIpc) is 2.46. The van der Waals surface area contributed by atoms with E-state index in [0.717, 1.165) is 0 Å². The Balaban J connectivity index is 2.47. The molecule has 20 heavy (non-hydrogen) atoms. The van der Waals surface area contributed by atoms with E-state index in [1.807, 2.05) is 0 Å². The highest BCUT2D eigenvalue weighted by Gasteiger charge is 2.16. The second-order valence-electron chi connectivity index (χ2n) is 3.87. The Morgan fingerprint density at radius 1 is 1.05 bits per heavy atom. The molecule has 0 N–H and O–H groups in total. The molecule has 0 spiro atoms. The van der Waals surface area contributed by atoms with Crippen molar-refractivity contribution in [3.8, 4) is 11.5 Å². The van der Waals surface area contributed by atoms with Gasteiger partial charge in [0.15, 0.2) is 11.5 Å². The summed E-state index contributed by atoms with van der Waals surface area (Å²) >= 11 is 0. The second-order valence-corrected chi connectivity index (χ2v) is 4.50. The number of carbonyl (C=O) groups is 1. The van der Waals surface area contributed by atoms with Crippen LogP contribution in [0.3, 0.4) is 0 Å². The third-order valence-corrected chi connectivity index (χ3v) is 2.99. The Morgan fingerprint density at radius 3 is 2.35 bits per heavy atom. The van der Waals surface area contributed by atoms with Crippen LogP contribution in [0.2, 0.25) is 0 Å². The molecule has 0 fully saturated rings. The average molecular weight is 292 g/mol. The van der Waals surface area contributed by atoms with Gasteiger partial charge in [-0.3, -0.25) is 4.79 Å². The van der Waals surface area contributed by atoms with Crippen molar-refractivity contribution in [1.82, 2.24) is 0 Å². The lowest BCUT2D eigenvalue weighted by molar-refractivity contribution is 0.103. The van der Waals surface area contributed by atoms with Crippen LogP contribution in [-0.2, 0) is 11.0 Å². The lowest BCUT2D eigenvalue weighted by Gasteiger charge is -2.08. The first-order chi connectivity index (χ1) is 9.61. The van der Waals surface area contributed by atoms with Gasteiger partial charge in [0, 0.05) is 11.6 Å². The van der Waals surface area contributed by atoms with Gasteiger partial charge in [0.25, 0.3) is 11.0 Å². The fourth-order valence-electron chi connectivity index (χ4n) is 1.72. The summed E-state index contributed by atoms with van der Waals surface area (Å²) in [6.45, 7) is 0. The Labute approximate surface area is 117 Å². The predicted octanol–water partition coefficient (Wildman–Crippen LogP) is 1.83. The van der Waals surface area contributed by atoms with Crippen LogP contribution < -0.4 is 8.92 Å². The molecule has 0 atom stereocenters. The van der Waals surface area contributed by atoms with E-state index in [4.69, 9.17) is 4.74 Å². The van der Waals surface area contributed by atoms with E-state index in [1.54, 1.807) is 36.4 Å². The van der Waals surface area contributed by atoms with Crippen molar-refractivity contribution in [1.29, 1.82) is 0 Å². The molecule has 104 valence electrons. The highest BCUT2D eigenvalue weighted by Crippen LogP contribution is 2.27. The first-order valence-corrected chi connectivity index (χ1v) is 6.81. The number of benzene rings is 2. The maximum absolute atomic E-state index is 12.3. The van der Waals surface area contributed by atoms with Crippen molar-refractivity contribution in [3.63, 3.8) is 0 Å². The molecule has 0 amide bonds. The molecule has 0 saturated carbocycles. The third-order valence-electron chi connectivity index (χ3n) is 2.64. The second kappa shape index (κ2) is 6.21. The van der Waals surface area contributed by atoms with Gasteiger partial charge >= 0.3 is 0 Å². The molecule has 0 radical (unpaired) electrons. The highest BCUT2D eigenvalue weighted by atomic mass is 32.2. The molecule has 0 saturated heterocycles. The zero-order chi connectivity index (χ0) is 14.5. The smallest absolute Gasteiger partial charge is 0.299 e. The number of carbonyl (C=O) groups excluding carboxylic acids is 1. The molecule has 0 unspecified atom stereocenters. The van der Waals surface area contributed by atoms with E-state index in [1.165, 1.54) is 19.2 Å². The minimum atomic E-state index is -3.11. The van der Waals surface area contributed by atoms with Gasteiger partial charge in [0.2, 0.25) is 0 Å². The van der Waals surface area contributed by atoms with Gasteiger partial charge in [-0.25, -0.2) is 0 Å². The van der Waals surface area contributed by atoms with Crippen LogP contribution >= 0.6 is 0 Å². The molecule has 5 nitrogen and oxygen atoms in total. The Morgan fingerprint density at radius 2 is 1.75 bits per heavy atom. The van der Waals surface area contributed by atoms with Gasteiger partial charge in [0.05, 0.1) is 12.7 Å². The van der Waals surface area contributed by atoms with Crippen LogP contribution in [0.5, 0.6) is 11.5 Å². The monoisotopic (exact) mass is 292 g/mol. The van der Waals surface area contributed by atoms with Crippen LogP contribution in [0.15, 0.2) is 48.5 Å². The molecule has 0 aliphatic rings. The fourth-order valence-corrected chi connectivity index (χ4v) is 2.03. The predicted molar refractivity (Wildman–Crippen MR) is 73.8 cm³/mol. The molecular formula is C14H12O5S. The van der Waals surface area contributed by atoms with E-state index >= 15 is 0 Å². The summed E-state index contributed by atoms with van der Waals surface area (Å²) in [7, 11) is -1.67. The summed E-state index contributed by atoms with van der Waals surface area (Å²) in [4.78, 5) is 12.3. The van der Waals surface area contributed by atoms with Gasteiger partial charge in [0.1, 0.15) is 5.75 Å². The molecule has 2 rings (SSSR count). The largest absolute Gasteiger partial charge is 0.497 e. The molecule has 0 aliphatic heterocycles. The summed E-state index contributed by atoms with van der Waals surface area (Å²) in [6, 6.07) is 12.9. The van der Waals surface area contributed by atoms with E-state index in [2.05, 4.69) is 4.18 Å². The number of ketones is 1. The molecular weight excluding hydrogens is 280 g/mol. The molecule has 0 heterocycles. The summed E-state index contributed by atoms with van der Waals surface area (Å²) in [6.07, 6.45) is 0. The third kappa shape index (κ3) is 3.16. The lowest BCUT2D eigenvalue weighted by atomic mass is 10.0. The van der Waals surface area contributed by atoms with E-state index < -0.39 is 11.0 Å². The lowest BCUT2D eigenvalue weighted by Crippen LogP contribution is -2.05. The Bertz CT molecular complexity index is 684. The Kier molecular flexibility index (Phi) is 4.37. The van der Waals surface area contributed by atoms with Crippen molar-refractivity contribution >= 4 is 16.8 Å². The molecule has 2 aromatic carbocycles. The van der Waals surface area contributed by atoms with E-state index in [9.17, 15) is 13.2 Å². The summed E-state index contributed by atoms with van der Waals surface area (Å²) in [5.41, 5.74) is 0.611. The fraction of sp³-hybridized carbons (Fsp3) is 0.0714. The van der Waals surface area contributed by atoms with E-state index in [-0.39, 0.29) is 17.1 Å². The molecule has 2 aromatic rings. The quantitative estimate of drug-likeness (QED) is 0.672. The zero-order valence-corrected chi connectivity index (χ0v) is 11.5. The first kappa shape index (κ1) is 14.1. The molecule has 0 aliphatic carbocycles. The van der Waals surface area contributed by atoms with E-state index in [0.29, 0.717) is 11.3 Å². The Hall–Kier alpha value is -2.34. The minimum absolute atomic E-state index is 0.0469. The molecule has 0 aromatic heterocycles. The van der Waals surface area contributed by atoms with Gasteiger partial charge in [-0.1, -0.05) is 30.3 Å². The topological polar surface area (TPSA) is 69.7 Å². The van der Waals surface area contributed by atoms with Gasteiger partial charge in [-0.2, -0.15) is 8.42 Å². The zero-order valence-electron chi connectivity index (χ0n) is 10.6. The van der Waals surface area contributed by atoms with Gasteiger partial charge < -0.3 is 8.92 Å². The summed E-state index contributed by atoms with van der Waals surface area (Å²) in [5.74, 6) is 0.0379. The van der Waals surface area contributed by atoms with Crippen LogP contribution in [0.4, 0.5) is 0 Å². The number of thiol groups is 1. The van der Waals surface area contributed by atoms with Crippen molar-refractivity contribution in [2.75, 3.05) is 7.11 Å². The highest BCUT2D eigenvalue weighted by molar-refractivity contribution is 7.67. The van der Waals surface area contributed by atoms with Crippen LogP contribution in [0.25, 0.3) is 0 Å². The first-order valence-electron chi connectivity index (χ1n) is 5.72. The van der Waals surface area contributed by atoms with Crippen molar-refractivity contribution in [2.45, 2.75) is 0 Å². The standard InChI is InChI=1S/C14H12O5S/c1-18-11-7-8-12(13(9-11)19-20(16)17)14(15)10-5-3-2-4-6-10/h2-9,20H,1H3. The van der Waals surface area contributed by atoms with Crippen LogP contribution in [0, 0.1) is 0 Å². The summed E-state index contributed by atoms with van der Waals surface area (Å²) < 4.78 is 31.2. The summed E-state index contributed by atoms with van der Waals surface area (Å²) in [5, 5.41) is 0. The van der Waals surface area contributed by atoms with Crippen molar-refractivity contribution in [2.24, 2.45) is 0 Å². The van der Waals surface area contributed by atoms with Gasteiger partial charge in [-0.15, -0.1) is 0 Å². The number of hydrogen-bond donors (Lipinski definition) is 1. The van der Waals surface area contributed by atoms with Crippen molar-refractivity contribution in [3.05, 3.63) is 59.7 Å². The molecule has 6 heteroatoms. The number of methoxy groups -OCH3 is 1. The maximum atomic E-state index is 12.3.